The van der Waals surface area contributed by atoms with Crippen molar-refractivity contribution < 1.29 is 720 Å². The van der Waals surface area contributed by atoms with E-state index in [2.05, 4.69) is 390 Å². The zero-order valence-corrected chi connectivity index (χ0v) is 155. The first kappa shape index (κ1) is 215. The van der Waals surface area contributed by atoms with Crippen LogP contribution in [0.5, 0.6) is 0 Å². The molecule has 0 aromatic heterocycles. The normalized spacial score (nSPS) is 7.59. The first-order chi connectivity index (χ1) is 56.2. The molecule has 0 bridgehead atoms. The van der Waals surface area contributed by atoms with Crippen LogP contribution in [-0.2, 0) is 720 Å². The maximum absolute atomic E-state index is 3.24. The molecule has 0 aliphatic rings. The summed E-state index contributed by atoms with van der Waals surface area (Å²) in [4.78, 5) is 0. The first-order valence-corrected chi connectivity index (χ1v) is 43.5. The number of hydrogen-bond donors (Lipinski definition) is 0. The maximum atomic E-state index is 3.24. The molecular weight excluding hydrogens is 3350 g/mol. The SMILES string of the molecule is CC.CC.CC.CC.CC.CC.CC.CC.CC.CC.Cc1c2ccccc2c(C)c2ccccc12.Cc1c[c-]c(-c2[c-]cc(C)cc2)cc1.Cc1cc[c-]c(-c2[c-]ccc(C)c2)c1.Cc1ccc(C)c2ccccc12.Cc1ccc2cc(C)ccc2c1.Cc1cccc(C)c1.Cc1cccc2c(C)cccc12.Cc1ccccc1C.[Y].[Y].[Y].[Y].[Y].[Y].[Y].[Y].[Y].[Y].[Y].[Y].[Y].[Y].[Y].[Y].[Y].[Y].[Y].[Y].[Y].[Y]. The van der Waals surface area contributed by atoms with Gasteiger partial charge in [-0.25, -0.2) is 22.3 Å². The van der Waals surface area contributed by atoms with E-state index in [9.17, 15) is 0 Å². The summed E-state index contributed by atoms with van der Waals surface area (Å²) in [6.07, 6.45) is 0. The van der Waals surface area contributed by atoms with Crippen LogP contribution in [0.25, 0.3) is 76.1 Å². The van der Waals surface area contributed by atoms with Crippen LogP contribution in [0.15, 0.2) is 279 Å². The molecule has 0 nitrogen and oxygen atoms in total. The molecule has 0 N–H and O–H groups in total. The van der Waals surface area contributed by atoms with Gasteiger partial charge in [-0.15, -0.1) is 34.4 Å². The predicted octanol–water partition coefficient (Wildman–Crippen LogP) is 36.9. The van der Waals surface area contributed by atoms with Crippen molar-refractivity contribution in [3.8, 4) is 22.3 Å². The van der Waals surface area contributed by atoms with Gasteiger partial charge in [-0.2, -0.15) is 84.9 Å². The van der Waals surface area contributed by atoms with Gasteiger partial charge in [-0.3, -0.25) is 0 Å². The average Bonchev–Trinajstić information content (AvgIpc) is 0.764. The predicted molar refractivity (Wildman–Crippen MR) is 535 cm³/mol. The summed E-state index contributed by atoms with van der Waals surface area (Å²) in [5, 5.41) is 13.7. The van der Waals surface area contributed by atoms with Gasteiger partial charge in [0.05, 0.1) is 0 Å². The van der Waals surface area contributed by atoms with Gasteiger partial charge < -0.3 is 0 Å². The van der Waals surface area contributed by atoms with E-state index in [4.69, 9.17) is 0 Å². The van der Waals surface area contributed by atoms with Crippen LogP contribution in [0.1, 0.15) is 227 Å². The Bertz CT molecular complexity index is 4660. The summed E-state index contributed by atoms with van der Waals surface area (Å²) in [6, 6.07) is 111. The molecule has 0 aliphatic carbocycles. The first-order valence-electron chi connectivity index (χ1n) is 43.5. The molecule has 0 unspecified atom stereocenters. The minimum absolute atomic E-state index is 0. The van der Waals surface area contributed by atoms with Gasteiger partial charge in [0, 0.05) is 720 Å². The number of benzene rings is 15. The molecule has 15 rings (SSSR count). The molecule has 0 amide bonds. The topological polar surface area (TPSA) is 0 Å². The smallest absolute Gasteiger partial charge is 0 e. The van der Waals surface area contributed by atoms with E-state index in [1.807, 2.05) is 163 Å². The Hall–Kier alpha value is 13.9. The fraction of sp³-hybridized carbons (Fsp3) is 0.310. The van der Waals surface area contributed by atoms with Gasteiger partial charge in [0.1, 0.15) is 0 Å². The Morgan fingerprint density at radius 3 is 0.551 bits per heavy atom. The third-order valence-electron chi connectivity index (χ3n) is 17.4. The van der Waals surface area contributed by atoms with E-state index in [-0.39, 0.29) is 720 Å². The van der Waals surface area contributed by atoms with E-state index in [0.717, 1.165) is 22.3 Å². The Kier molecular flexibility index (Phi) is 223. The zero-order valence-electron chi connectivity index (χ0n) is 92.3. The van der Waals surface area contributed by atoms with Crippen LogP contribution >= 0.6 is 0 Å². The van der Waals surface area contributed by atoms with Crippen molar-refractivity contribution in [3.63, 3.8) is 0 Å². The van der Waals surface area contributed by atoms with Crippen molar-refractivity contribution in [1.29, 1.82) is 0 Å². The van der Waals surface area contributed by atoms with Gasteiger partial charge in [-0.05, 0) is 181 Å². The van der Waals surface area contributed by atoms with Gasteiger partial charge in [-0.1, -0.05) is 395 Å². The van der Waals surface area contributed by atoms with Crippen LogP contribution < -0.4 is 0 Å². The quantitative estimate of drug-likeness (QED) is 0.120. The van der Waals surface area contributed by atoms with Gasteiger partial charge in [0.15, 0.2) is 0 Å². The maximum Gasteiger partial charge on any atom is 0 e. The second kappa shape index (κ2) is 143. The van der Waals surface area contributed by atoms with E-state index in [1.54, 1.807) is 0 Å². The average molecular weight is 3500 g/mol. The summed E-state index contributed by atoms with van der Waals surface area (Å²) in [5.74, 6) is 0. The van der Waals surface area contributed by atoms with Crippen molar-refractivity contribution >= 4 is 53.9 Å². The molecule has 15 aromatic carbocycles. The van der Waals surface area contributed by atoms with Crippen LogP contribution in [0, 0.1) is 135 Å². The molecule has 0 saturated carbocycles. The molecule has 138 heavy (non-hydrogen) atoms. The molecule has 0 heterocycles. The number of aryl methyl sites for hydroxylation is 16. The van der Waals surface area contributed by atoms with Crippen LogP contribution in [0.2, 0.25) is 0 Å². The number of hydrogen-bond acceptors (Lipinski definition) is 0. The minimum Gasteiger partial charge on any atom is -0.226 e. The Balaban J connectivity index is -0.0000000440. The number of rotatable bonds is 2. The molecule has 0 spiro atoms. The molecular formula is C116H154Y22-4. The molecule has 0 fully saturated rings. The standard InChI is InChI=1S/C16H14.2C14H12.3C12H12.2C8H10.10C2H6.22Y/c1-11-13-7-3-5-9-15(13)12(2)16-10-6-4-8-14(11)16;1-11-3-7-13(8-4-11)14-9-5-12(2)6-10-14;1-11-5-3-7-13(9-11)14-8-4-6-12(2)10-14;1-9-3-5-12-8-10(2)4-6-11(12)7-9;1-9-5-3-8-12-10(2)6-4-7-11(9)12;1-9-7-8-10(2)12-6-4-3-5-11(9)12;1-7-4-3-5-8(2)6-7;1-7-5-3-4-6-8(7)2;10*1-2;;;;;;;;;;;;;;;;;;;;;;/h3-10H,1-2H3;3-7,9H,1-2H3;3-6,9-10H,1-2H3;3*3-8H,1-2H3;2*3-6H,1-2H3;10*1-2H3;;;;;;;;;;;;;;;;;;;;;;/q;2*-2;;;;;;;;;;;;;;;;;;;;;;;;;;;;;;;;;;;;;. The van der Waals surface area contributed by atoms with E-state index < -0.39 is 0 Å². The van der Waals surface area contributed by atoms with Gasteiger partial charge in [0.25, 0.3) is 0 Å². The summed E-state index contributed by atoms with van der Waals surface area (Å²) in [6.45, 7) is 74.1. The van der Waals surface area contributed by atoms with Crippen molar-refractivity contribution in [2.24, 2.45) is 0 Å². The van der Waals surface area contributed by atoms with Gasteiger partial charge in [0.2, 0.25) is 0 Å². The Morgan fingerprint density at radius 2 is 0.333 bits per heavy atom. The molecule has 0 aliphatic heterocycles. The minimum atomic E-state index is 0. The molecule has 22 heteroatoms. The van der Waals surface area contributed by atoms with Crippen molar-refractivity contribution in [1.82, 2.24) is 0 Å². The molecule has 688 valence electrons. The van der Waals surface area contributed by atoms with E-state index >= 15 is 0 Å². The fourth-order valence-electron chi connectivity index (χ4n) is 11.6. The molecule has 15 aromatic rings. The number of fused-ring (bicyclic) bond motifs is 5. The third kappa shape index (κ3) is 91.2. The van der Waals surface area contributed by atoms with Crippen LogP contribution in [0.3, 0.4) is 0 Å². The zero-order chi connectivity index (χ0) is 88.7. The molecule has 22 radical (unpaired) electrons. The molecule has 0 saturated heterocycles. The summed E-state index contributed by atoms with van der Waals surface area (Å²) in [5.41, 5.74) is 25.7. The second-order valence-corrected chi connectivity index (χ2v) is 25.5. The third-order valence-corrected chi connectivity index (χ3v) is 17.4. The molecule has 0 atom stereocenters. The largest absolute Gasteiger partial charge is 0.226 e. The van der Waals surface area contributed by atoms with Crippen LogP contribution in [0.4, 0.5) is 0 Å². The Labute approximate surface area is 1400 Å². The summed E-state index contributed by atoms with van der Waals surface area (Å²) >= 11 is 0. The van der Waals surface area contributed by atoms with E-state index in [0.29, 0.717) is 0 Å². The summed E-state index contributed by atoms with van der Waals surface area (Å²) in [7, 11) is 0. The van der Waals surface area contributed by atoms with E-state index in [1.165, 1.54) is 143 Å². The monoisotopic (exact) mass is 3500 g/mol. The summed E-state index contributed by atoms with van der Waals surface area (Å²) < 4.78 is 0. The van der Waals surface area contributed by atoms with Crippen molar-refractivity contribution in [2.75, 3.05) is 0 Å². The van der Waals surface area contributed by atoms with Crippen LogP contribution in [-0.4, -0.2) is 0 Å². The van der Waals surface area contributed by atoms with Gasteiger partial charge >= 0.3 is 0 Å². The van der Waals surface area contributed by atoms with Crippen molar-refractivity contribution in [2.45, 2.75) is 249 Å². The van der Waals surface area contributed by atoms with Crippen molar-refractivity contribution in [3.05, 3.63) is 392 Å². The fourth-order valence-corrected chi connectivity index (χ4v) is 11.6. The second-order valence-electron chi connectivity index (χ2n) is 25.5. The Morgan fingerprint density at radius 1 is 0.138 bits per heavy atom.